The normalized spacial score (nSPS) is 11.7. The highest BCUT2D eigenvalue weighted by atomic mass is 19.4. The van der Waals surface area contributed by atoms with Gasteiger partial charge in [-0.3, -0.25) is 4.79 Å². The van der Waals surface area contributed by atoms with E-state index < -0.39 is 12.6 Å². The van der Waals surface area contributed by atoms with E-state index in [9.17, 15) is 18.0 Å². The molecule has 2 nitrogen and oxygen atoms in total. The third kappa shape index (κ3) is 9.51. The Hall–Kier alpha value is -0.580. The van der Waals surface area contributed by atoms with Gasteiger partial charge in [0.25, 0.3) is 0 Å². The molecular formula is C9H16F3NO. The number of Topliss-reactive ketones (excluding diaryl/α,β-unsaturated/α-hetero) is 1. The molecule has 0 rings (SSSR count). The van der Waals surface area contributed by atoms with Crippen molar-refractivity contribution in [1.29, 1.82) is 0 Å². The zero-order chi connectivity index (χ0) is 11.0. The summed E-state index contributed by atoms with van der Waals surface area (Å²) in [6, 6.07) is 0. The summed E-state index contributed by atoms with van der Waals surface area (Å²) < 4.78 is 35.1. The summed E-state index contributed by atoms with van der Waals surface area (Å²) in [5, 5.41) is 2.87. The van der Waals surface area contributed by atoms with Crippen molar-refractivity contribution in [2.75, 3.05) is 13.6 Å². The lowest BCUT2D eigenvalue weighted by molar-refractivity contribution is -0.137. The van der Waals surface area contributed by atoms with E-state index in [1.807, 2.05) is 0 Å². The predicted octanol–water partition coefficient (Wildman–Crippen LogP) is 2.29. The first kappa shape index (κ1) is 13.4. The van der Waals surface area contributed by atoms with E-state index in [0.29, 0.717) is 12.8 Å². The number of nitrogens with one attached hydrogen (secondary N) is 1. The number of hydrogen-bond acceptors (Lipinski definition) is 2. The van der Waals surface area contributed by atoms with Crippen LogP contribution in [0.3, 0.4) is 0 Å². The fraction of sp³-hybridized carbons (Fsp3) is 0.889. The summed E-state index contributed by atoms with van der Waals surface area (Å²) in [5.41, 5.74) is 0. The van der Waals surface area contributed by atoms with Crippen LogP contribution < -0.4 is 5.32 Å². The molecule has 0 saturated heterocycles. The van der Waals surface area contributed by atoms with Gasteiger partial charge >= 0.3 is 6.18 Å². The molecule has 1 N–H and O–H groups in total. The van der Waals surface area contributed by atoms with E-state index in [1.54, 1.807) is 7.05 Å². The first-order valence-electron chi connectivity index (χ1n) is 4.69. The Morgan fingerprint density at radius 1 is 1.21 bits per heavy atom. The maximum atomic E-state index is 11.7. The van der Waals surface area contributed by atoms with Gasteiger partial charge in [0.05, 0.1) is 0 Å². The number of rotatable bonds is 7. The minimum Gasteiger partial charge on any atom is -0.320 e. The summed E-state index contributed by atoms with van der Waals surface area (Å²) in [4.78, 5) is 11.0. The molecule has 0 aromatic heterocycles. The summed E-state index contributed by atoms with van der Waals surface area (Å²) in [6.07, 6.45) is -3.96. The third-order valence-electron chi connectivity index (χ3n) is 1.80. The first-order valence-corrected chi connectivity index (χ1v) is 4.69. The van der Waals surface area contributed by atoms with Crippen LogP contribution in [0, 0.1) is 0 Å². The zero-order valence-electron chi connectivity index (χ0n) is 8.28. The minimum absolute atomic E-state index is 0.0449. The Kier molecular flexibility index (Phi) is 6.53. The van der Waals surface area contributed by atoms with Crippen LogP contribution in [0.1, 0.15) is 32.1 Å². The van der Waals surface area contributed by atoms with Crippen molar-refractivity contribution in [1.82, 2.24) is 5.32 Å². The summed E-state index contributed by atoms with van der Waals surface area (Å²) >= 11 is 0. The summed E-state index contributed by atoms with van der Waals surface area (Å²) in [7, 11) is 1.77. The van der Waals surface area contributed by atoms with Crippen LogP contribution in [0.25, 0.3) is 0 Å². The van der Waals surface area contributed by atoms with E-state index in [4.69, 9.17) is 0 Å². The number of alkyl halides is 3. The van der Waals surface area contributed by atoms with Gasteiger partial charge in [0.15, 0.2) is 0 Å². The van der Waals surface area contributed by atoms with Crippen LogP contribution in [0.2, 0.25) is 0 Å². The molecular weight excluding hydrogens is 195 g/mol. The minimum atomic E-state index is -4.13. The molecule has 0 radical (unpaired) electrons. The molecule has 14 heavy (non-hydrogen) atoms. The maximum absolute atomic E-state index is 11.7. The Morgan fingerprint density at radius 3 is 2.29 bits per heavy atom. The quantitative estimate of drug-likeness (QED) is 0.654. The first-order chi connectivity index (χ1) is 6.45. The summed E-state index contributed by atoms with van der Waals surface area (Å²) in [5.74, 6) is -0.0792. The SMILES string of the molecule is CNCCCC(=O)CCCC(F)(F)F. The van der Waals surface area contributed by atoms with Gasteiger partial charge in [-0.05, 0) is 26.4 Å². The number of carbonyl (C=O) groups excluding carboxylic acids is 1. The van der Waals surface area contributed by atoms with E-state index in [-0.39, 0.29) is 18.6 Å². The smallest absolute Gasteiger partial charge is 0.320 e. The molecule has 0 heterocycles. The van der Waals surface area contributed by atoms with Crippen molar-refractivity contribution in [3.63, 3.8) is 0 Å². The van der Waals surface area contributed by atoms with Crippen molar-refractivity contribution in [2.24, 2.45) is 0 Å². The molecule has 0 unspecified atom stereocenters. The van der Waals surface area contributed by atoms with E-state index in [1.165, 1.54) is 0 Å². The molecule has 0 aliphatic carbocycles. The standard InChI is InChI=1S/C9H16F3NO/c1-13-7-3-5-8(14)4-2-6-9(10,11)12/h13H,2-7H2,1H3. The van der Waals surface area contributed by atoms with Crippen LogP contribution in [0.4, 0.5) is 13.2 Å². The maximum Gasteiger partial charge on any atom is 0.389 e. The van der Waals surface area contributed by atoms with Gasteiger partial charge in [0.2, 0.25) is 0 Å². The lowest BCUT2D eigenvalue weighted by Gasteiger charge is -2.05. The molecule has 0 saturated carbocycles. The van der Waals surface area contributed by atoms with Crippen LogP contribution in [-0.4, -0.2) is 25.6 Å². The molecule has 0 aromatic carbocycles. The molecule has 0 spiro atoms. The molecule has 84 valence electrons. The zero-order valence-corrected chi connectivity index (χ0v) is 8.28. The average Bonchev–Trinajstić information content (AvgIpc) is 2.02. The molecule has 0 bridgehead atoms. The number of ketones is 1. The van der Waals surface area contributed by atoms with Gasteiger partial charge in [-0.25, -0.2) is 0 Å². The van der Waals surface area contributed by atoms with E-state index in [0.717, 1.165) is 6.54 Å². The molecule has 0 aliphatic rings. The summed E-state index contributed by atoms with van der Waals surface area (Å²) in [6.45, 7) is 0.727. The highest BCUT2D eigenvalue weighted by molar-refractivity contribution is 5.78. The average molecular weight is 211 g/mol. The Labute approximate surface area is 81.9 Å². The van der Waals surface area contributed by atoms with Crippen molar-refractivity contribution in [3.8, 4) is 0 Å². The molecule has 5 heteroatoms. The molecule has 0 aliphatic heterocycles. The van der Waals surface area contributed by atoms with E-state index in [2.05, 4.69) is 5.32 Å². The lowest BCUT2D eigenvalue weighted by atomic mass is 10.1. The molecule has 0 atom stereocenters. The second-order valence-corrected chi connectivity index (χ2v) is 3.21. The molecule has 0 amide bonds. The van der Waals surface area contributed by atoms with Crippen molar-refractivity contribution in [3.05, 3.63) is 0 Å². The Morgan fingerprint density at radius 2 is 1.79 bits per heavy atom. The van der Waals surface area contributed by atoms with Gasteiger partial charge in [0, 0.05) is 19.3 Å². The fourth-order valence-corrected chi connectivity index (χ4v) is 1.07. The predicted molar refractivity (Wildman–Crippen MR) is 48.1 cm³/mol. The topological polar surface area (TPSA) is 29.1 Å². The second-order valence-electron chi connectivity index (χ2n) is 3.21. The van der Waals surface area contributed by atoms with Crippen LogP contribution >= 0.6 is 0 Å². The van der Waals surface area contributed by atoms with Gasteiger partial charge < -0.3 is 5.32 Å². The number of halogens is 3. The van der Waals surface area contributed by atoms with Gasteiger partial charge in [-0.1, -0.05) is 0 Å². The molecule has 0 aromatic rings. The Bertz CT molecular complexity index is 168. The van der Waals surface area contributed by atoms with Crippen molar-refractivity contribution >= 4 is 5.78 Å². The Balaban J connectivity index is 3.36. The van der Waals surface area contributed by atoms with Gasteiger partial charge in [-0.2, -0.15) is 13.2 Å². The van der Waals surface area contributed by atoms with Crippen LogP contribution in [0.15, 0.2) is 0 Å². The second kappa shape index (κ2) is 6.81. The van der Waals surface area contributed by atoms with Gasteiger partial charge in [-0.15, -0.1) is 0 Å². The van der Waals surface area contributed by atoms with Crippen LogP contribution in [0.5, 0.6) is 0 Å². The largest absolute Gasteiger partial charge is 0.389 e. The van der Waals surface area contributed by atoms with Crippen molar-refractivity contribution in [2.45, 2.75) is 38.3 Å². The monoisotopic (exact) mass is 211 g/mol. The molecule has 0 fully saturated rings. The number of hydrogen-bond donors (Lipinski definition) is 1. The highest BCUT2D eigenvalue weighted by Gasteiger charge is 2.26. The lowest BCUT2D eigenvalue weighted by Crippen LogP contribution is -2.11. The fourth-order valence-electron chi connectivity index (χ4n) is 1.07. The highest BCUT2D eigenvalue weighted by Crippen LogP contribution is 2.22. The number of carbonyl (C=O) groups is 1. The van der Waals surface area contributed by atoms with E-state index >= 15 is 0 Å². The van der Waals surface area contributed by atoms with Crippen molar-refractivity contribution < 1.29 is 18.0 Å². The van der Waals surface area contributed by atoms with Gasteiger partial charge in [0.1, 0.15) is 5.78 Å². The van der Waals surface area contributed by atoms with Crippen LogP contribution in [-0.2, 0) is 4.79 Å². The third-order valence-corrected chi connectivity index (χ3v) is 1.80.